The number of para-hydroxylation sites is 1. The molecule has 3 aromatic rings. The molecule has 2 unspecified atom stereocenters. The standard InChI is InChI=1S/C22H18ClF3N2O2/c23-17-8-7-13(12-16(17)22(24,25)26)20(28-11-3-6-19(28)21(29)30)15-9-10-27-18-5-2-1-4-14(15)18/h1-2,4-5,7-10,12,19-20H,3,6,11H2,(H,29,30). The highest BCUT2D eigenvalue weighted by Crippen LogP contribution is 2.41. The van der Waals surface area contributed by atoms with Gasteiger partial charge in [-0.15, -0.1) is 0 Å². The molecule has 2 heterocycles. The zero-order valence-corrected chi connectivity index (χ0v) is 16.5. The van der Waals surface area contributed by atoms with Crippen molar-refractivity contribution in [1.29, 1.82) is 0 Å². The van der Waals surface area contributed by atoms with Crippen molar-refractivity contribution in [1.82, 2.24) is 9.88 Å². The van der Waals surface area contributed by atoms with E-state index in [1.54, 1.807) is 17.2 Å². The number of nitrogens with zero attached hydrogens (tertiary/aromatic N) is 2. The number of likely N-dealkylation sites (tertiary alicyclic amines) is 1. The predicted molar refractivity (Wildman–Crippen MR) is 107 cm³/mol. The molecule has 1 aliphatic rings. The van der Waals surface area contributed by atoms with E-state index in [1.807, 2.05) is 24.3 Å². The first-order valence-corrected chi connectivity index (χ1v) is 9.84. The molecule has 0 bridgehead atoms. The molecule has 4 rings (SSSR count). The van der Waals surface area contributed by atoms with Crippen molar-refractivity contribution in [2.24, 2.45) is 0 Å². The van der Waals surface area contributed by atoms with E-state index in [9.17, 15) is 23.1 Å². The topological polar surface area (TPSA) is 53.4 Å². The number of benzene rings is 2. The molecule has 1 saturated heterocycles. The van der Waals surface area contributed by atoms with Gasteiger partial charge in [-0.05, 0) is 48.2 Å². The maximum atomic E-state index is 13.5. The third kappa shape index (κ3) is 3.75. The van der Waals surface area contributed by atoms with Crippen LogP contribution in [-0.4, -0.2) is 33.5 Å². The van der Waals surface area contributed by atoms with Crippen LogP contribution in [-0.2, 0) is 11.0 Å². The van der Waals surface area contributed by atoms with Crippen molar-refractivity contribution >= 4 is 28.5 Å². The van der Waals surface area contributed by atoms with Crippen LogP contribution in [0.3, 0.4) is 0 Å². The number of hydrogen-bond acceptors (Lipinski definition) is 3. The van der Waals surface area contributed by atoms with Crippen molar-refractivity contribution < 1.29 is 23.1 Å². The average Bonchev–Trinajstić information content (AvgIpc) is 3.18. The number of hydrogen-bond donors (Lipinski definition) is 1. The molecule has 0 spiro atoms. The number of carboxylic acids is 1. The van der Waals surface area contributed by atoms with E-state index < -0.39 is 29.8 Å². The molecule has 2 aromatic carbocycles. The first kappa shape index (κ1) is 20.6. The third-order valence-electron chi connectivity index (χ3n) is 5.50. The first-order valence-electron chi connectivity index (χ1n) is 9.46. The molecule has 0 amide bonds. The van der Waals surface area contributed by atoms with Gasteiger partial charge in [0, 0.05) is 18.1 Å². The molecule has 8 heteroatoms. The summed E-state index contributed by atoms with van der Waals surface area (Å²) in [7, 11) is 0. The van der Waals surface area contributed by atoms with Crippen LogP contribution in [0.25, 0.3) is 10.9 Å². The molecule has 1 N–H and O–H groups in total. The van der Waals surface area contributed by atoms with Gasteiger partial charge in [0.2, 0.25) is 0 Å². The number of carboxylic acid groups (broad SMARTS) is 1. The molecule has 1 aromatic heterocycles. The Morgan fingerprint density at radius 2 is 1.97 bits per heavy atom. The van der Waals surface area contributed by atoms with Crippen molar-refractivity contribution in [3.8, 4) is 0 Å². The third-order valence-corrected chi connectivity index (χ3v) is 5.83. The zero-order valence-electron chi connectivity index (χ0n) is 15.7. The maximum absolute atomic E-state index is 13.5. The fourth-order valence-electron chi connectivity index (χ4n) is 4.20. The highest BCUT2D eigenvalue weighted by Gasteiger charge is 2.39. The van der Waals surface area contributed by atoms with Gasteiger partial charge >= 0.3 is 12.1 Å². The SMILES string of the molecule is O=C(O)C1CCCN1C(c1ccc(Cl)c(C(F)(F)F)c1)c1ccnc2ccccc12. The zero-order chi connectivity index (χ0) is 21.5. The van der Waals surface area contributed by atoms with Crippen molar-refractivity contribution in [2.45, 2.75) is 31.1 Å². The summed E-state index contributed by atoms with van der Waals surface area (Å²) in [6, 6.07) is 11.4. The van der Waals surface area contributed by atoms with Crippen LogP contribution in [0.2, 0.25) is 5.02 Å². The summed E-state index contributed by atoms with van der Waals surface area (Å²) in [4.78, 5) is 18.0. The van der Waals surface area contributed by atoms with E-state index in [4.69, 9.17) is 11.6 Å². The first-order chi connectivity index (χ1) is 14.3. The van der Waals surface area contributed by atoms with Gasteiger partial charge in [-0.3, -0.25) is 14.7 Å². The number of pyridine rings is 1. The molecule has 1 aliphatic heterocycles. The second-order valence-corrected chi connectivity index (χ2v) is 7.70. The molecule has 1 fully saturated rings. The smallest absolute Gasteiger partial charge is 0.417 e. The normalized spacial score (nSPS) is 18.6. The van der Waals surface area contributed by atoms with Gasteiger partial charge in [0.1, 0.15) is 6.04 Å². The van der Waals surface area contributed by atoms with Gasteiger partial charge in [0.05, 0.1) is 22.1 Å². The number of fused-ring (bicyclic) bond motifs is 1. The Morgan fingerprint density at radius 3 is 2.70 bits per heavy atom. The monoisotopic (exact) mass is 434 g/mol. The average molecular weight is 435 g/mol. The lowest BCUT2D eigenvalue weighted by molar-refractivity contribution is -0.143. The Balaban J connectivity index is 1.95. The quantitative estimate of drug-likeness (QED) is 0.585. The van der Waals surface area contributed by atoms with Crippen LogP contribution in [0.1, 0.15) is 35.6 Å². The molecule has 2 atom stereocenters. The summed E-state index contributed by atoms with van der Waals surface area (Å²) in [5, 5.41) is 10.1. The number of alkyl halides is 3. The van der Waals surface area contributed by atoms with Gasteiger partial charge in [-0.2, -0.15) is 13.2 Å². The minimum atomic E-state index is -4.62. The second-order valence-electron chi connectivity index (χ2n) is 7.29. The minimum Gasteiger partial charge on any atom is -0.480 e. The lowest BCUT2D eigenvalue weighted by Crippen LogP contribution is -2.39. The molecule has 0 aliphatic carbocycles. The summed E-state index contributed by atoms with van der Waals surface area (Å²) < 4.78 is 40.6. The van der Waals surface area contributed by atoms with Gasteiger partial charge < -0.3 is 5.11 Å². The van der Waals surface area contributed by atoms with Crippen molar-refractivity contribution in [2.75, 3.05) is 6.54 Å². The number of aromatic nitrogens is 1. The van der Waals surface area contributed by atoms with E-state index in [2.05, 4.69) is 4.98 Å². The maximum Gasteiger partial charge on any atom is 0.417 e. The lowest BCUT2D eigenvalue weighted by atomic mass is 9.92. The number of rotatable bonds is 4. The number of halogens is 4. The van der Waals surface area contributed by atoms with E-state index in [0.29, 0.717) is 36.0 Å². The fraction of sp³-hybridized carbons (Fsp3) is 0.273. The van der Waals surface area contributed by atoms with Crippen LogP contribution in [0.5, 0.6) is 0 Å². The van der Waals surface area contributed by atoms with E-state index in [0.717, 1.165) is 11.5 Å². The Kier molecular flexibility index (Phi) is 5.42. The summed E-state index contributed by atoms with van der Waals surface area (Å²) in [6.07, 6.45) is -1.93. The highest BCUT2D eigenvalue weighted by molar-refractivity contribution is 6.31. The minimum absolute atomic E-state index is 0.344. The molecule has 0 saturated carbocycles. The molecule has 30 heavy (non-hydrogen) atoms. The van der Waals surface area contributed by atoms with Crippen LogP contribution in [0.4, 0.5) is 13.2 Å². The summed E-state index contributed by atoms with van der Waals surface area (Å²) in [6.45, 7) is 0.461. The van der Waals surface area contributed by atoms with Gasteiger partial charge in [0.15, 0.2) is 0 Å². The number of carbonyl (C=O) groups is 1. The van der Waals surface area contributed by atoms with Crippen LogP contribution < -0.4 is 0 Å². The molecular formula is C22H18ClF3N2O2. The fourth-order valence-corrected chi connectivity index (χ4v) is 4.42. The molecule has 156 valence electrons. The largest absolute Gasteiger partial charge is 0.480 e. The Hall–Kier alpha value is -2.64. The van der Waals surface area contributed by atoms with Crippen LogP contribution >= 0.6 is 11.6 Å². The van der Waals surface area contributed by atoms with E-state index >= 15 is 0 Å². The van der Waals surface area contributed by atoms with Gasteiger partial charge in [0.25, 0.3) is 0 Å². The highest BCUT2D eigenvalue weighted by atomic mass is 35.5. The lowest BCUT2D eigenvalue weighted by Gasteiger charge is -2.33. The predicted octanol–water partition coefficient (Wildman–Crippen LogP) is 5.55. The van der Waals surface area contributed by atoms with Crippen molar-refractivity contribution in [3.63, 3.8) is 0 Å². The van der Waals surface area contributed by atoms with Gasteiger partial charge in [-0.1, -0.05) is 35.9 Å². The Morgan fingerprint density at radius 1 is 1.20 bits per heavy atom. The second kappa shape index (κ2) is 7.89. The Labute approximate surface area is 175 Å². The summed E-state index contributed by atoms with van der Waals surface area (Å²) in [5.74, 6) is -0.985. The van der Waals surface area contributed by atoms with Crippen LogP contribution in [0.15, 0.2) is 54.7 Å². The molecule has 0 radical (unpaired) electrons. The Bertz CT molecular complexity index is 1100. The van der Waals surface area contributed by atoms with Gasteiger partial charge in [-0.25, -0.2) is 0 Å². The van der Waals surface area contributed by atoms with Crippen molar-refractivity contribution in [3.05, 3.63) is 76.4 Å². The molecule has 4 nitrogen and oxygen atoms in total. The number of aliphatic carboxylic acids is 1. The summed E-state index contributed by atoms with van der Waals surface area (Å²) in [5.41, 5.74) is 0.813. The van der Waals surface area contributed by atoms with Crippen LogP contribution in [0, 0.1) is 0 Å². The van der Waals surface area contributed by atoms with E-state index in [1.165, 1.54) is 12.1 Å². The van der Waals surface area contributed by atoms with E-state index in [-0.39, 0.29) is 5.02 Å². The summed E-state index contributed by atoms with van der Waals surface area (Å²) >= 11 is 5.83. The molecular weight excluding hydrogens is 417 g/mol.